The van der Waals surface area contributed by atoms with Gasteiger partial charge in [-0.1, -0.05) is 24.3 Å². The fourth-order valence-corrected chi connectivity index (χ4v) is 2.05. The second-order valence-corrected chi connectivity index (χ2v) is 4.40. The lowest BCUT2D eigenvalue weighted by atomic mass is 10.0. The zero-order valence-corrected chi connectivity index (χ0v) is 10.4. The van der Waals surface area contributed by atoms with Crippen molar-refractivity contribution in [3.8, 4) is 11.1 Å². The number of aromatic nitrogens is 3. The van der Waals surface area contributed by atoms with Crippen LogP contribution in [0.4, 0.5) is 5.95 Å². The van der Waals surface area contributed by atoms with Crippen molar-refractivity contribution in [2.24, 2.45) is 0 Å². The van der Waals surface area contributed by atoms with Crippen molar-refractivity contribution in [3.63, 3.8) is 0 Å². The van der Waals surface area contributed by atoms with Crippen molar-refractivity contribution in [2.45, 2.75) is 6.42 Å². The van der Waals surface area contributed by atoms with Gasteiger partial charge in [-0.3, -0.25) is 4.98 Å². The number of anilines is 1. The molecule has 0 unspecified atom stereocenters. The summed E-state index contributed by atoms with van der Waals surface area (Å²) in [7, 11) is 0. The first-order valence-corrected chi connectivity index (χ1v) is 6.10. The van der Waals surface area contributed by atoms with Crippen LogP contribution >= 0.6 is 0 Å². The Bertz CT molecular complexity index is 656. The van der Waals surface area contributed by atoms with E-state index in [0.717, 1.165) is 12.1 Å². The first-order chi connectivity index (χ1) is 9.31. The molecule has 4 heteroatoms. The Morgan fingerprint density at radius 1 is 0.947 bits per heavy atom. The molecule has 3 aromatic rings. The van der Waals surface area contributed by atoms with Crippen molar-refractivity contribution in [1.82, 2.24) is 15.0 Å². The lowest BCUT2D eigenvalue weighted by Gasteiger charge is -2.03. The number of nitrogens with two attached hydrogens (primary N) is 1. The number of hydrogen-bond acceptors (Lipinski definition) is 3. The predicted octanol–water partition coefficient (Wildman–Crippen LogP) is 2.64. The first-order valence-electron chi connectivity index (χ1n) is 6.10. The lowest BCUT2D eigenvalue weighted by molar-refractivity contribution is 1.11. The van der Waals surface area contributed by atoms with Crippen LogP contribution in [0.5, 0.6) is 0 Å². The molecule has 2 aromatic heterocycles. The minimum absolute atomic E-state index is 0.461. The highest BCUT2D eigenvalue weighted by Gasteiger charge is 2.01. The third kappa shape index (κ3) is 2.63. The van der Waals surface area contributed by atoms with Gasteiger partial charge in [-0.2, -0.15) is 0 Å². The highest BCUT2D eigenvalue weighted by molar-refractivity contribution is 5.62. The van der Waals surface area contributed by atoms with Gasteiger partial charge in [-0.25, -0.2) is 4.98 Å². The van der Waals surface area contributed by atoms with Gasteiger partial charge in [0.25, 0.3) is 0 Å². The maximum absolute atomic E-state index is 5.56. The number of H-pyrrole nitrogens is 1. The van der Waals surface area contributed by atoms with Crippen LogP contribution < -0.4 is 5.73 Å². The van der Waals surface area contributed by atoms with Crippen LogP contribution in [0.1, 0.15) is 11.3 Å². The van der Waals surface area contributed by atoms with E-state index in [-0.39, 0.29) is 0 Å². The van der Waals surface area contributed by atoms with Gasteiger partial charge < -0.3 is 10.7 Å². The molecule has 0 aliphatic carbocycles. The SMILES string of the molecule is Nc1ncc(Cc2ccc(-c3ccncc3)cc2)[nH]1. The molecule has 0 atom stereocenters. The van der Waals surface area contributed by atoms with E-state index in [1.807, 2.05) is 12.1 Å². The summed E-state index contributed by atoms with van der Waals surface area (Å²) >= 11 is 0. The number of imidazole rings is 1. The molecule has 0 saturated carbocycles. The van der Waals surface area contributed by atoms with E-state index in [1.54, 1.807) is 18.6 Å². The van der Waals surface area contributed by atoms with Crippen LogP contribution in [0, 0.1) is 0 Å². The minimum atomic E-state index is 0.461. The summed E-state index contributed by atoms with van der Waals surface area (Å²) in [5.74, 6) is 0.461. The minimum Gasteiger partial charge on any atom is -0.369 e. The number of nitrogens with zero attached hydrogens (tertiary/aromatic N) is 2. The van der Waals surface area contributed by atoms with E-state index < -0.39 is 0 Å². The number of nitrogen functional groups attached to an aromatic ring is 1. The molecule has 0 aliphatic heterocycles. The van der Waals surface area contributed by atoms with E-state index in [4.69, 9.17) is 5.73 Å². The smallest absolute Gasteiger partial charge is 0.197 e. The summed E-state index contributed by atoms with van der Waals surface area (Å²) in [6, 6.07) is 12.5. The molecule has 2 heterocycles. The van der Waals surface area contributed by atoms with Crippen molar-refractivity contribution < 1.29 is 0 Å². The molecule has 0 bridgehead atoms. The number of rotatable bonds is 3. The highest BCUT2D eigenvalue weighted by Crippen LogP contribution is 2.19. The third-order valence-corrected chi connectivity index (χ3v) is 3.01. The molecule has 3 N–H and O–H groups in total. The number of pyridine rings is 1. The fourth-order valence-electron chi connectivity index (χ4n) is 2.05. The Kier molecular flexibility index (Phi) is 2.98. The first kappa shape index (κ1) is 11.5. The van der Waals surface area contributed by atoms with Gasteiger partial charge in [0.1, 0.15) is 0 Å². The quantitative estimate of drug-likeness (QED) is 0.751. The molecule has 0 spiro atoms. The van der Waals surface area contributed by atoms with Gasteiger partial charge in [-0.15, -0.1) is 0 Å². The summed E-state index contributed by atoms with van der Waals surface area (Å²) in [6.07, 6.45) is 6.18. The largest absolute Gasteiger partial charge is 0.369 e. The molecule has 0 aliphatic rings. The van der Waals surface area contributed by atoms with Crippen molar-refractivity contribution in [1.29, 1.82) is 0 Å². The number of nitrogens with one attached hydrogen (secondary N) is 1. The lowest BCUT2D eigenvalue weighted by Crippen LogP contribution is -1.90. The van der Waals surface area contributed by atoms with Crippen LogP contribution in [-0.4, -0.2) is 15.0 Å². The number of aromatic amines is 1. The third-order valence-electron chi connectivity index (χ3n) is 3.01. The Balaban J connectivity index is 1.79. The van der Waals surface area contributed by atoms with Crippen molar-refractivity contribution >= 4 is 5.95 Å². The number of hydrogen-bond donors (Lipinski definition) is 2. The van der Waals surface area contributed by atoms with Crippen LogP contribution in [0.3, 0.4) is 0 Å². The van der Waals surface area contributed by atoms with Crippen LogP contribution in [-0.2, 0) is 6.42 Å². The monoisotopic (exact) mass is 250 g/mol. The second-order valence-electron chi connectivity index (χ2n) is 4.40. The molecular weight excluding hydrogens is 236 g/mol. The van der Waals surface area contributed by atoms with Gasteiger partial charge >= 0.3 is 0 Å². The average molecular weight is 250 g/mol. The zero-order valence-electron chi connectivity index (χ0n) is 10.4. The highest BCUT2D eigenvalue weighted by atomic mass is 15.0. The average Bonchev–Trinajstić information content (AvgIpc) is 2.86. The Hall–Kier alpha value is -2.62. The van der Waals surface area contributed by atoms with Gasteiger partial charge in [-0.05, 0) is 28.8 Å². The molecule has 1 aromatic carbocycles. The molecule has 3 rings (SSSR count). The standard InChI is InChI=1S/C15H14N4/c16-15-18-10-14(19-15)9-11-1-3-12(4-2-11)13-5-7-17-8-6-13/h1-8,10H,9H2,(H3,16,18,19). The van der Waals surface area contributed by atoms with E-state index in [2.05, 4.69) is 39.2 Å². The summed E-state index contributed by atoms with van der Waals surface area (Å²) in [6.45, 7) is 0. The summed E-state index contributed by atoms with van der Waals surface area (Å²) in [4.78, 5) is 11.0. The van der Waals surface area contributed by atoms with E-state index in [9.17, 15) is 0 Å². The second kappa shape index (κ2) is 4.94. The predicted molar refractivity (Wildman–Crippen MR) is 75.5 cm³/mol. The molecule has 0 amide bonds. The molecule has 4 nitrogen and oxygen atoms in total. The van der Waals surface area contributed by atoms with Gasteiger partial charge in [0, 0.05) is 24.5 Å². The topological polar surface area (TPSA) is 67.6 Å². The van der Waals surface area contributed by atoms with Gasteiger partial charge in [0.05, 0.1) is 6.20 Å². The molecule has 19 heavy (non-hydrogen) atoms. The molecule has 0 saturated heterocycles. The molecule has 94 valence electrons. The van der Waals surface area contributed by atoms with Crippen LogP contribution in [0.15, 0.2) is 55.0 Å². The van der Waals surface area contributed by atoms with E-state index in [1.165, 1.54) is 16.7 Å². The van der Waals surface area contributed by atoms with E-state index >= 15 is 0 Å². The maximum atomic E-state index is 5.56. The molecule has 0 fully saturated rings. The summed E-state index contributed by atoms with van der Waals surface area (Å²) in [5, 5.41) is 0. The summed E-state index contributed by atoms with van der Waals surface area (Å²) in [5.41, 5.74) is 10.2. The normalized spacial score (nSPS) is 10.5. The summed E-state index contributed by atoms with van der Waals surface area (Å²) < 4.78 is 0. The Morgan fingerprint density at radius 3 is 2.26 bits per heavy atom. The zero-order chi connectivity index (χ0) is 13.1. The van der Waals surface area contributed by atoms with E-state index in [0.29, 0.717) is 5.95 Å². The van der Waals surface area contributed by atoms with Crippen molar-refractivity contribution in [3.05, 3.63) is 66.2 Å². The Morgan fingerprint density at radius 2 is 1.63 bits per heavy atom. The molecule has 0 radical (unpaired) electrons. The van der Waals surface area contributed by atoms with Gasteiger partial charge in [0.15, 0.2) is 5.95 Å². The maximum Gasteiger partial charge on any atom is 0.197 e. The van der Waals surface area contributed by atoms with Crippen LogP contribution in [0.2, 0.25) is 0 Å². The van der Waals surface area contributed by atoms with Crippen LogP contribution in [0.25, 0.3) is 11.1 Å². The Labute approximate surface area is 111 Å². The fraction of sp³-hybridized carbons (Fsp3) is 0.0667. The number of benzene rings is 1. The van der Waals surface area contributed by atoms with Gasteiger partial charge in [0.2, 0.25) is 0 Å². The van der Waals surface area contributed by atoms with Crippen molar-refractivity contribution in [2.75, 3.05) is 5.73 Å². The molecular formula is C15H14N4.